The molecule has 1 aliphatic rings. The maximum Gasteiger partial charge on any atom is 0.254 e. The number of hydrogen-bond acceptors (Lipinski definition) is 3. The minimum Gasteiger partial charge on any atom is -0.389 e. The van der Waals surface area contributed by atoms with Gasteiger partial charge in [0, 0.05) is 38.3 Å². The number of amides is 1. The van der Waals surface area contributed by atoms with Gasteiger partial charge in [0.1, 0.15) is 0 Å². The minimum atomic E-state index is -0.681. The zero-order valence-corrected chi connectivity index (χ0v) is 13.5. The topological polar surface area (TPSA) is 43.8 Å². The lowest BCUT2D eigenvalue weighted by Crippen LogP contribution is -2.52. The molecule has 1 aromatic rings. The van der Waals surface area contributed by atoms with Gasteiger partial charge in [0.2, 0.25) is 0 Å². The number of piperazine rings is 1. The average molecular weight is 290 g/mol. The predicted octanol–water partition coefficient (Wildman–Crippen LogP) is 1.83. The number of hydrogen-bond donors (Lipinski definition) is 1. The fourth-order valence-electron chi connectivity index (χ4n) is 2.79. The summed E-state index contributed by atoms with van der Waals surface area (Å²) in [7, 11) is 0. The molecule has 0 unspecified atom stereocenters. The van der Waals surface area contributed by atoms with Crippen molar-refractivity contribution >= 4 is 5.91 Å². The molecule has 4 nitrogen and oxygen atoms in total. The van der Waals surface area contributed by atoms with E-state index < -0.39 is 5.60 Å². The molecular weight excluding hydrogens is 264 g/mol. The largest absolute Gasteiger partial charge is 0.389 e. The quantitative estimate of drug-likeness (QED) is 0.923. The molecule has 4 heteroatoms. The second kappa shape index (κ2) is 6.16. The molecule has 1 heterocycles. The van der Waals surface area contributed by atoms with E-state index in [-0.39, 0.29) is 5.91 Å². The van der Waals surface area contributed by atoms with Crippen LogP contribution in [0.5, 0.6) is 0 Å². The Morgan fingerprint density at radius 2 is 1.81 bits per heavy atom. The van der Waals surface area contributed by atoms with Gasteiger partial charge in [-0.05, 0) is 39.3 Å². The number of β-amino-alcohol motifs (C(OH)–C–C–N with tert-alkyl or cyclic N) is 1. The van der Waals surface area contributed by atoms with Gasteiger partial charge in [-0.3, -0.25) is 9.69 Å². The highest BCUT2D eigenvalue weighted by Crippen LogP contribution is 2.16. The van der Waals surface area contributed by atoms with Crippen molar-refractivity contribution in [2.45, 2.75) is 33.3 Å². The summed E-state index contributed by atoms with van der Waals surface area (Å²) in [6.07, 6.45) is 0. The highest BCUT2D eigenvalue weighted by atomic mass is 16.3. The molecule has 21 heavy (non-hydrogen) atoms. The molecular formula is C17H26N2O2. The van der Waals surface area contributed by atoms with Gasteiger partial charge in [-0.25, -0.2) is 0 Å². The smallest absolute Gasteiger partial charge is 0.254 e. The maximum atomic E-state index is 12.6. The number of nitrogens with zero attached hydrogens (tertiary/aromatic N) is 2. The number of aliphatic hydroxyl groups is 1. The lowest BCUT2D eigenvalue weighted by molar-refractivity contribution is 0.0178. The van der Waals surface area contributed by atoms with Crippen molar-refractivity contribution in [3.63, 3.8) is 0 Å². The maximum absolute atomic E-state index is 12.6. The number of rotatable bonds is 3. The summed E-state index contributed by atoms with van der Waals surface area (Å²) in [5.41, 5.74) is 2.28. The Morgan fingerprint density at radius 1 is 1.19 bits per heavy atom. The fraction of sp³-hybridized carbons (Fsp3) is 0.588. The number of carbonyl (C=O) groups is 1. The van der Waals surface area contributed by atoms with Crippen molar-refractivity contribution in [2.24, 2.45) is 0 Å². The van der Waals surface area contributed by atoms with E-state index >= 15 is 0 Å². The van der Waals surface area contributed by atoms with Gasteiger partial charge in [0.05, 0.1) is 5.60 Å². The van der Waals surface area contributed by atoms with Crippen LogP contribution in [0.15, 0.2) is 18.2 Å². The van der Waals surface area contributed by atoms with Gasteiger partial charge < -0.3 is 10.0 Å². The molecule has 116 valence electrons. The summed E-state index contributed by atoms with van der Waals surface area (Å²) >= 11 is 0. The first-order valence-corrected chi connectivity index (χ1v) is 7.57. The summed E-state index contributed by atoms with van der Waals surface area (Å²) in [4.78, 5) is 16.8. The Kier molecular flexibility index (Phi) is 4.69. The average Bonchev–Trinajstić information content (AvgIpc) is 2.40. The molecule has 0 aromatic heterocycles. The van der Waals surface area contributed by atoms with Crippen molar-refractivity contribution in [1.82, 2.24) is 9.80 Å². The molecule has 0 saturated carbocycles. The van der Waals surface area contributed by atoms with Gasteiger partial charge in [0.25, 0.3) is 5.91 Å². The van der Waals surface area contributed by atoms with Crippen LogP contribution in [0.3, 0.4) is 0 Å². The third-order valence-corrected chi connectivity index (χ3v) is 3.89. The van der Waals surface area contributed by atoms with Crippen LogP contribution in [0.1, 0.15) is 35.3 Å². The van der Waals surface area contributed by atoms with E-state index in [9.17, 15) is 9.90 Å². The second-order valence-corrected chi connectivity index (χ2v) is 6.70. The monoisotopic (exact) mass is 290 g/mol. The molecule has 0 radical (unpaired) electrons. The summed E-state index contributed by atoms with van der Waals surface area (Å²) in [5.74, 6) is 0.124. The molecule has 1 fully saturated rings. The first kappa shape index (κ1) is 16.0. The van der Waals surface area contributed by atoms with E-state index in [1.165, 1.54) is 0 Å². The van der Waals surface area contributed by atoms with E-state index in [1.807, 2.05) is 50.8 Å². The lowest BCUT2D eigenvalue weighted by atomic mass is 10.0. The van der Waals surface area contributed by atoms with Crippen LogP contribution in [0.4, 0.5) is 0 Å². The zero-order valence-electron chi connectivity index (χ0n) is 13.5. The first-order chi connectivity index (χ1) is 9.76. The number of benzene rings is 1. The molecule has 1 amide bonds. The third-order valence-electron chi connectivity index (χ3n) is 3.89. The van der Waals surface area contributed by atoms with Crippen molar-refractivity contribution in [3.05, 3.63) is 34.9 Å². The Bertz CT molecular complexity index is 512. The Labute approximate surface area is 127 Å². The van der Waals surface area contributed by atoms with Gasteiger partial charge in [-0.1, -0.05) is 17.7 Å². The molecule has 1 saturated heterocycles. The van der Waals surface area contributed by atoms with Crippen molar-refractivity contribution in [2.75, 3.05) is 32.7 Å². The highest BCUT2D eigenvalue weighted by Gasteiger charge is 2.26. The van der Waals surface area contributed by atoms with E-state index in [0.717, 1.165) is 42.9 Å². The van der Waals surface area contributed by atoms with Gasteiger partial charge in [-0.2, -0.15) is 0 Å². The van der Waals surface area contributed by atoms with Crippen LogP contribution >= 0.6 is 0 Å². The summed E-state index contributed by atoms with van der Waals surface area (Å²) in [6, 6.07) is 6.02. The molecule has 1 N–H and O–H groups in total. The van der Waals surface area contributed by atoms with Crippen LogP contribution < -0.4 is 0 Å². The first-order valence-electron chi connectivity index (χ1n) is 7.57. The Balaban J connectivity index is 1.99. The van der Waals surface area contributed by atoms with Gasteiger partial charge in [-0.15, -0.1) is 0 Å². The molecule has 1 aromatic carbocycles. The fourth-order valence-corrected chi connectivity index (χ4v) is 2.79. The highest BCUT2D eigenvalue weighted by molar-refractivity contribution is 5.95. The predicted molar refractivity (Wildman–Crippen MR) is 84.6 cm³/mol. The molecule has 1 aliphatic heterocycles. The minimum absolute atomic E-state index is 0.124. The lowest BCUT2D eigenvalue weighted by Gasteiger charge is -2.37. The van der Waals surface area contributed by atoms with Crippen molar-refractivity contribution in [1.29, 1.82) is 0 Å². The zero-order chi connectivity index (χ0) is 15.6. The summed E-state index contributed by atoms with van der Waals surface area (Å²) < 4.78 is 0. The SMILES string of the molecule is Cc1ccc(C)c(C(=O)N2CCN(CC(C)(C)O)CC2)c1. The molecule has 0 atom stereocenters. The van der Waals surface area contributed by atoms with E-state index in [2.05, 4.69) is 4.90 Å². The van der Waals surface area contributed by atoms with Crippen LogP contribution in [-0.2, 0) is 0 Å². The molecule has 2 rings (SSSR count). The Hall–Kier alpha value is -1.39. The van der Waals surface area contributed by atoms with Gasteiger partial charge in [0.15, 0.2) is 0 Å². The van der Waals surface area contributed by atoms with Crippen LogP contribution in [0, 0.1) is 13.8 Å². The number of carbonyl (C=O) groups excluding carboxylic acids is 1. The summed E-state index contributed by atoms with van der Waals surface area (Å²) in [5, 5.41) is 9.87. The van der Waals surface area contributed by atoms with Crippen molar-refractivity contribution in [3.8, 4) is 0 Å². The van der Waals surface area contributed by atoms with Crippen LogP contribution in [0.25, 0.3) is 0 Å². The van der Waals surface area contributed by atoms with Crippen LogP contribution in [-0.4, -0.2) is 59.1 Å². The van der Waals surface area contributed by atoms with Gasteiger partial charge >= 0.3 is 0 Å². The summed E-state index contributed by atoms with van der Waals surface area (Å²) in [6.45, 7) is 11.4. The van der Waals surface area contributed by atoms with E-state index in [0.29, 0.717) is 6.54 Å². The van der Waals surface area contributed by atoms with Crippen LogP contribution in [0.2, 0.25) is 0 Å². The standard InChI is InChI=1S/C17H26N2O2/c1-13-5-6-14(2)15(11-13)16(20)19-9-7-18(8-10-19)12-17(3,4)21/h5-6,11,21H,7-10,12H2,1-4H3. The molecule has 0 bridgehead atoms. The molecule has 0 aliphatic carbocycles. The van der Waals surface area contributed by atoms with E-state index in [4.69, 9.17) is 0 Å². The Morgan fingerprint density at radius 3 is 2.38 bits per heavy atom. The van der Waals surface area contributed by atoms with E-state index in [1.54, 1.807) is 0 Å². The van der Waals surface area contributed by atoms with Crippen molar-refractivity contribution < 1.29 is 9.90 Å². The second-order valence-electron chi connectivity index (χ2n) is 6.70. The molecule has 0 spiro atoms. The number of aryl methyl sites for hydroxylation is 2. The third kappa shape index (κ3) is 4.29. The normalized spacial score (nSPS) is 17.1.